The van der Waals surface area contributed by atoms with Crippen LogP contribution in [0.3, 0.4) is 0 Å². The number of aryl methyl sites for hydroxylation is 2. The van der Waals surface area contributed by atoms with Crippen LogP contribution in [0.15, 0.2) is 42.5 Å². The second kappa shape index (κ2) is 5.79. The molecule has 0 aliphatic rings. The van der Waals surface area contributed by atoms with Crippen LogP contribution in [0.1, 0.15) is 36.1 Å². The van der Waals surface area contributed by atoms with Gasteiger partial charge in [-0.3, -0.25) is 0 Å². The lowest BCUT2D eigenvalue weighted by Gasteiger charge is -2.21. The predicted molar refractivity (Wildman–Crippen MR) is 80.7 cm³/mol. The van der Waals surface area contributed by atoms with Gasteiger partial charge in [-0.15, -0.1) is 0 Å². The van der Waals surface area contributed by atoms with Gasteiger partial charge in [-0.1, -0.05) is 42.8 Å². The number of nitrogens with one attached hydrogen (secondary N) is 1. The Morgan fingerprint density at radius 3 is 2.47 bits per heavy atom. The van der Waals surface area contributed by atoms with Crippen molar-refractivity contribution in [1.29, 1.82) is 0 Å². The van der Waals surface area contributed by atoms with Crippen molar-refractivity contribution < 1.29 is 5.11 Å². The average Bonchev–Trinajstić information content (AvgIpc) is 2.39. The molecule has 0 heterocycles. The fraction of sp³-hybridized carbons (Fsp3) is 0.294. The van der Waals surface area contributed by atoms with E-state index in [1.165, 1.54) is 11.1 Å². The van der Waals surface area contributed by atoms with E-state index in [0.717, 1.165) is 17.7 Å². The molecular weight excluding hydrogens is 234 g/mol. The largest absolute Gasteiger partial charge is 0.508 e. The third kappa shape index (κ3) is 3.08. The summed E-state index contributed by atoms with van der Waals surface area (Å²) in [4.78, 5) is 0. The summed E-state index contributed by atoms with van der Waals surface area (Å²) in [6.45, 7) is 6.32. The highest BCUT2D eigenvalue weighted by Gasteiger charge is 2.13. The van der Waals surface area contributed by atoms with Gasteiger partial charge < -0.3 is 10.4 Å². The van der Waals surface area contributed by atoms with Gasteiger partial charge in [0.25, 0.3) is 0 Å². The molecule has 1 atom stereocenters. The van der Waals surface area contributed by atoms with E-state index in [2.05, 4.69) is 44.3 Å². The van der Waals surface area contributed by atoms with Crippen LogP contribution in [-0.4, -0.2) is 5.11 Å². The average molecular weight is 255 g/mol. The van der Waals surface area contributed by atoms with Gasteiger partial charge in [-0.2, -0.15) is 0 Å². The van der Waals surface area contributed by atoms with Crippen LogP contribution < -0.4 is 5.32 Å². The Hall–Kier alpha value is -1.96. The van der Waals surface area contributed by atoms with E-state index < -0.39 is 0 Å². The summed E-state index contributed by atoms with van der Waals surface area (Å²) in [5.74, 6) is 0.353. The first-order valence-corrected chi connectivity index (χ1v) is 6.73. The summed E-state index contributed by atoms with van der Waals surface area (Å²) in [7, 11) is 0. The maximum Gasteiger partial charge on any atom is 0.120 e. The monoisotopic (exact) mass is 255 g/mol. The fourth-order valence-electron chi connectivity index (χ4n) is 2.35. The highest BCUT2D eigenvalue weighted by atomic mass is 16.3. The number of hydrogen-bond acceptors (Lipinski definition) is 2. The van der Waals surface area contributed by atoms with Crippen molar-refractivity contribution in [1.82, 2.24) is 0 Å². The number of para-hydroxylation sites is 1. The van der Waals surface area contributed by atoms with Gasteiger partial charge in [0.2, 0.25) is 0 Å². The number of benzene rings is 2. The molecule has 0 fully saturated rings. The second-order valence-corrected chi connectivity index (χ2v) is 4.98. The van der Waals surface area contributed by atoms with Crippen LogP contribution in [-0.2, 0) is 0 Å². The van der Waals surface area contributed by atoms with E-state index in [9.17, 15) is 5.11 Å². The lowest BCUT2D eigenvalue weighted by molar-refractivity contribution is 0.462. The van der Waals surface area contributed by atoms with Crippen LogP contribution in [0, 0.1) is 13.8 Å². The Balaban J connectivity index is 2.27. The predicted octanol–water partition coefficient (Wildman–Crippen LogP) is 4.57. The number of phenols is 1. The molecule has 0 saturated heterocycles. The molecule has 0 aliphatic carbocycles. The molecule has 2 aromatic carbocycles. The van der Waals surface area contributed by atoms with E-state index in [-0.39, 0.29) is 6.04 Å². The molecule has 0 bridgehead atoms. The van der Waals surface area contributed by atoms with E-state index in [1.54, 1.807) is 6.07 Å². The molecular formula is C17H21NO. The molecule has 0 amide bonds. The topological polar surface area (TPSA) is 32.3 Å². The third-order valence-corrected chi connectivity index (χ3v) is 3.43. The number of rotatable bonds is 4. The van der Waals surface area contributed by atoms with E-state index in [1.807, 2.05) is 18.2 Å². The highest BCUT2D eigenvalue weighted by Crippen LogP contribution is 2.30. The van der Waals surface area contributed by atoms with Crippen LogP contribution in [0.25, 0.3) is 0 Å². The molecule has 0 spiro atoms. The summed E-state index contributed by atoms with van der Waals surface area (Å²) in [6.07, 6.45) is 0.922. The standard InChI is InChI=1S/C17H21NO/c1-4-15(14-7-5-6-8-17(14)19)18-16-10-9-12(2)11-13(16)3/h5-11,15,18-19H,4H2,1-3H3. The zero-order valence-electron chi connectivity index (χ0n) is 11.8. The fourth-order valence-corrected chi connectivity index (χ4v) is 2.35. The van der Waals surface area contributed by atoms with Crippen molar-refractivity contribution in [2.24, 2.45) is 0 Å². The van der Waals surface area contributed by atoms with Gasteiger partial charge in [0.05, 0.1) is 6.04 Å². The molecule has 0 radical (unpaired) electrons. The maximum atomic E-state index is 9.96. The molecule has 2 nitrogen and oxygen atoms in total. The minimum Gasteiger partial charge on any atom is -0.508 e. The van der Waals surface area contributed by atoms with Gasteiger partial charge in [-0.25, -0.2) is 0 Å². The maximum absolute atomic E-state index is 9.96. The summed E-state index contributed by atoms with van der Waals surface area (Å²) in [5, 5.41) is 13.5. The Morgan fingerprint density at radius 2 is 1.84 bits per heavy atom. The normalized spacial score (nSPS) is 12.2. The minimum absolute atomic E-state index is 0.127. The molecule has 100 valence electrons. The zero-order chi connectivity index (χ0) is 13.8. The zero-order valence-corrected chi connectivity index (χ0v) is 11.8. The lowest BCUT2D eigenvalue weighted by Crippen LogP contribution is -2.10. The van der Waals surface area contributed by atoms with Crippen molar-refractivity contribution in [3.05, 3.63) is 59.2 Å². The Kier molecular flexibility index (Phi) is 4.10. The first-order chi connectivity index (χ1) is 9.11. The molecule has 0 aliphatic heterocycles. The van der Waals surface area contributed by atoms with Crippen LogP contribution in [0.2, 0.25) is 0 Å². The Labute approximate surface area is 115 Å². The summed E-state index contributed by atoms with van der Waals surface area (Å²) in [6, 6.07) is 14.0. The number of aromatic hydroxyl groups is 1. The number of anilines is 1. The molecule has 1 unspecified atom stereocenters. The van der Waals surface area contributed by atoms with Crippen LogP contribution in [0.4, 0.5) is 5.69 Å². The molecule has 2 heteroatoms. The van der Waals surface area contributed by atoms with Gasteiger partial charge >= 0.3 is 0 Å². The Morgan fingerprint density at radius 1 is 1.11 bits per heavy atom. The molecule has 0 aromatic heterocycles. The van der Waals surface area contributed by atoms with Crippen molar-refractivity contribution in [3.8, 4) is 5.75 Å². The first-order valence-electron chi connectivity index (χ1n) is 6.73. The number of hydrogen-bond donors (Lipinski definition) is 2. The van der Waals surface area contributed by atoms with Gasteiger partial charge in [0.1, 0.15) is 5.75 Å². The Bertz CT molecular complexity index is 563. The smallest absolute Gasteiger partial charge is 0.120 e. The quantitative estimate of drug-likeness (QED) is 0.838. The molecule has 2 rings (SSSR count). The first kappa shape index (κ1) is 13.5. The minimum atomic E-state index is 0.127. The van der Waals surface area contributed by atoms with Gasteiger partial charge in [-0.05, 0) is 38.0 Å². The molecule has 19 heavy (non-hydrogen) atoms. The van der Waals surface area contributed by atoms with E-state index in [0.29, 0.717) is 5.75 Å². The molecule has 2 N–H and O–H groups in total. The third-order valence-electron chi connectivity index (χ3n) is 3.43. The highest BCUT2D eigenvalue weighted by molar-refractivity contribution is 5.54. The molecule has 0 saturated carbocycles. The van der Waals surface area contributed by atoms with Crippen molar-refractivity contribution in [2.45, 2.75) is 33.2 Å². The van der Waals surface area contributed by atoms with E-state index in [4.69, 9.17) is 0 Å². The van der Waals surface area contributed by atoms with Crippen molar-refractivity contribution in [3.63, 3.8) is 0 Å². The van der Waals surface area contributed by atoms with Crippen LogP contribution in [0.5, 0.6) is 5.75 Å². The molecule has 2 aromatic rings. The summed E-state index contributed by atoms with van der Waals surface area (Å²) < 4.78 is 0. The SMILES string of the molecule is CCC(Nc1ccc(C)cc1C)c1ccccc1O. The second-order valence-electron chi connectivity index (χ2n) is 4.98. The summed E-state index contributed by atoms with van der Waals surface area (Å²) >= 11 is 0. The van der Waals surface area contributed by atoms with Crippen molar-refractivity contribution >= 4 is 5.69 Å². The van der Waals surface area contributed by atoms with Gasteiger partial charge in [0, 0.05) is 11.3 Å². The van der Waals surface area contributed by atoms with Gasteiger partial charge in [0.15, 0.2) is 0 Å². The van der Waals surface area contributed by atoms with Crippen LogP contribution >= 0.6 is 0 Å². The van der Waals surface area contributed by atoms with E-state index >= 15 is 0 Å². The lowest BCUT2D eigenvalue weighted by atomic mass is 10.0. The van der Waals surface area contributed by atoms with Crippen molar-refractivity contribution in [2.75, 3.05) is 5.32 Å². The number of phenolic OH excluding ortho intramolecular Hbond substituents is 1. The summed E-state index contributed by atoms with van der Waals surface area (Å²) in [5.41, 5.74) is 4.57.